The molecular formula is C16H17N3OS. The van der Waals surface area contributed by atoms with Crippen LogP contribution in [0.5, 0.6) is 0 Å². The second-order valence-electron chi connectivity index (χ2n) is 4.69. The van der Waals surface area contributed by atoms with Crippen LogP contribution in [0.4, 0.5) is 5.82 Å². The van der Waals surface area contributed by atoms with E-state index >= 15 is 0 Å². The van der Waals surface area contributed by atoms with Crippen molar-refractivity contribution in [3.8, 4) is 10.4 Å². The molecule has 0 saturated heterocycles. The van der Waals surface area contributed by atoms with Gasteiger partial charge in [-0.05, 0) is 18.1 Å². The topological polar surface area (TPSA) is 47.0 Å². The van der Waals surface area contributed by atoms with Crippen molar-refractivity contribution in [3.05, 3.63) is 42.7 Å². The molecule has 0 amide bonds. The van der Waals surface area contributed by atoms with Crippen LogP contribution in [-0.4, -0.2) is 30.2 Å². The number of aromatic nitrogens is 2. The van der Waals surface area contributed by atoms with Crippen molar-refractivity contribution < 1.29 is 4.74 Å². The van der Waals surface area contributed by atoms with Crippen LogP contribution in [-0.2, 0) is 4.74 Å². The summed E-state index contributed by atoms with van der Waals surface area (Å²) in [4.78, 5) is 11.0. The Balaban J connectivity index is 1.87. The van der Waals surface area contributed by atoms with E-state index < -0.39 is 0 Å². The van der Waals surface area contributed by atoms with Crippen molar-refractivity contribution in [1.29, 1.82) is 0 Å². The van der Waals surface area contributed by atoms with Gasteiger partial charge >= 0.3 is 0 Å². The lowest BCUT2D eigenvalue weighted by atomic mass is 10.2. The van der Waals surface area contributed by atoms with Gasteiger partial charge in [0, 0.05) is 25.1 Å². The number of benzene rings is 1. The number of nitrogens with one attached hydrogen (secondary N) is 1. The number of fused-ring (bicyclic) bond motifs is 1. The molecule has 1 N–H and O–H groups in total. The fourth-order valence-electron chi connectivity index (χ4n) is 2.16. The second kappa shape index (κ2) is 6.65. The fraction of sp³-hybridized carbons (Fsp3) is 0.250. The maximum absolute atomic E-state index is 5.06. The number of anilines is 1. The number of methoxy groups -OCH3 is 1. The van der Waals surface area contributed by atoms with Crippen molar-refractivity contribution in [2.24, 2.45) is 0 Å². The summed E-state index contributed by atoms with van der Waals surface area (Å²) in [5.41, 5.74) is 1.21. The average molecular weight is 299 g/mol. The van der Waals surface area contributed by atoms with E-state index in [1.165, 1.54) is 10.4 Å². The molecule has 0 aliphatic rings. The Kier molecular flexibility index (Phi) is 4.43. The number of hydrogen-bond acceptors (Lipinski definition) is 5. The predicted molar refractivity (Wildman–Crippen MR) is 87.8 cm³/mol. The van der Waals surface area contributed by atoms with Crippen LogP contribution >= 0.6 is 11.3 Å². The third-order valence-corrected chi connectivity index (χ3v) is 4.30. The van der Waals surface area contributed by atoms with E-state index in [2.05, 4.69) is 45.6 Å². The smallest absolute Gasteiger partial charge is 0.138 e. The summed E-state index contributed by atoms with van der Waals surface area (Å²) in [5, 5.41) is 4.45. The fourth-order valence-corrected chi connectivity index (χ4v) is 3.17. The third-order valence-electron chi connectivity index (χ3n) is 3.21. The highest BCUT2D eigenvalue weighted by atomic mass is 32.1. The van der Waals surface area contributed by atoms with Crippen LogP contribution in [0.3, 0.4) is 0 Å². The number of ether oxygens (including phenoxy) is 1. The molecule has 0 spiro atoms. The lowest BCUT2D eigenvalue weighted by molar-refractivity contribution is 0.198. The zero-order valence-corrected chi connectivity index (χ0v) is 12.7. The molecule has 0 unspecified atom stereocenters. The van der Waals surface area contributed by atoms with Crippen molar-refractivity contribution in [2.75, 3.05) is 25.6 Å². The molecule has 1 aromatic carbocycles. The van der Waals surface area contributed by atoms with Gasteiger partial charge in [-0.2, -0.15) is 0 Å². The van der Waals surface area contributed by atoms with Gasteiger partial charge in [0.15, 0.2) is 0 Å². The van der Waals surface area contributed by atoms with Gasteiger partial charge in [0.2, 0.25) is 0 Å². The van der Waals surface area contributed by atoms with Gasteiger partial charge < -0.3 is 10.1 Å². The highest BCUT2D eigenvalue weighted by Crippen LogP contribution is 2.34. The minimum absolute atomic E-state index is 0.750. The first-order valence-electron chi connectivity index (χ1n) is 6.91. The normalized spacial score (nSPS) is 10.9. The summed E-state index contributed by atoms with van der Waals surface area (Å²) in [7, 11) is 1.72. The monoisotopic (exact) mass is 299 g/mol. The molecule has 0 bridgehead atoms. The molecule has 108 valence electrons. The average Bonchev–Trinajstić information content (AvgIpc) is 2.97. The number of rotatable bonds is 6. The molecule has 0 fully saturated rings. The molecule has 0 atom stereocenters. The lowest BCUT2D eigenvalue weighted by Crippen LogP contribution is -2.06. The molecule has 0 aliphatic heterocycles. The Morgan fingerprint density at radius 3 is 2.86 bits per heavy atom. The first-order valence-corrected chi connectivity index (χ1v) is 7.73. The van der Waals surface area contributed by atoms with Gasteiger partial charge in [-0.1, -0.05) is 30.3 Å². The molecule has 0 radical (unpaired) electrons. The molecule has 0 saturated carbocycles. The first kappa shape index (κ1) is 14.0. The van der Waals surface area contributed by atoms with Crippen molar-refractivity contribution in [2.45, 2.75) is 6.42 Å². The van der Waals surface area contributed by atoms with Crippen LogP contribution in [0.2, 0.25) is 0 Å². The molecule has 2 heterocycles. The molecule has 3 rings (SSSR count). The van der Waals surface area contributed by atoms with Crippen molar-refractivity contribution in [3.63, 3.8) is 0 Å². The Bertz CT molecular complexity index is 712. The van der Waals surface area contributed by atoms with Crippen LogP contribution in [0.1, 0.15) is 6.42 Å². The number of nitrogens with zero attached hydrogens (tertiary/aromatic N) is 2. The van der Waals surface area contributed by atoms with Crippen molar-refractivity contribution >= 4 is 27.4 Å². The van der Waals surface area contributed by atoms with E-state index in [4.69, 9.17) is 4.74 Å². The highest BCUT2D eigenvalue weighted by molar-refractivity contribution is 7.21. The number of hydrogen-bond donors (Lipinski definition) is 1. The van der Waals surface area contributed by atoms with Crippen molar-refractivity contribution in [1.82, 2.24) is 9.97 Å². The van der Waals surface area contributed by atoms with Gasteiger partial charge in [-0.15, -0.1) is 11.3 Å². The van der Waals surface area contributed by atoms with Gasteiger partial charge in [0.05, 0.1) is 5.39 Å². The SMILES string of the molecule is COCCCNc1ncnc2sc(-c3ccccc3)cc12. The zero-order valence-electron chi connectivity index (χ0n) is 11.9. The summed E-state index contributed by atoms with van der Waals surface area (Å²) in [6, 6.07) is 12.5. The Morgan fingerprint density at radius 2 is 2.05 bits per heavy atom. The van der Waals surface area contributed by atoms with E-state index in [1.807, 2.05) is 6.07 Å². The summed E-state index contributed by atoms with van der Waals surface area (Å²) >= 11 is 1.69. The molecule has 0 aliphatic carbocycles. The van der Waals surface area contributed by atoms with Crippen LogP contribution in [0, 0.1) is 0 Å². The Hall–Kier alpha value is -1.98. The summed E-state index contributed by atoms with van der Waals surface area (Å²) < 4.78 is 5.06. The predicted octanol–water partition coefficient (Wildman–Crippen LogP) is 3.81. The minimum atomic E-state index is 0.750. The zero-order chi connectivity index (χ0) is 14.5. The quantitative estimate of drug-likeness (QED) is 0.703. The summed E-state index contributed by atoms with van der Waals surface area (Å²) in [6.45, 7) is 1.59. The standard InChI is InChI=1S/C16H17N3OS/c1-20-9-5-8-17-15-13-10-14(12-6-3-2-4-7-12)21-16(13)19-11-18-15/h2-4,6-7,10-11H,5,8-9H2,1H3,(H,17,18,19). The minimum Gasteiger partial charge on any atom is -0.385 e. The molecular weight excluding hydrogens is 282 g/mol. The van der Waals surface area contributed by atoms with Crippen LogP contribution in [0.25, 0.3) is 20.7 Å². The van der Waals surface area contributed by atoms with E-state index in [0.29, 0.717) is 0 Å². The number of thiophene rings is 1. The van der Waals surface area contributed by atoms with E-state index in [9.17, 15) is 0 Å². The second-order valence-corrected chi connectivity index (χ2v) is 5.72. The molecule has 2 aromatic heterocycles. The molecule has 5 heteroatoms. The lowest BCUT2D eigenvalue weighted by Gasteiger charge is -2.05. The molecule has 4 nitrogen and oxygen atoms in total. The van der Waals surface area contributed by atoms with E-state index in [1.54, 1.807) is 24.8 Å². The van der Waals surface area contributed by atoms with Gasteiger partial charge in [-0.25, -0.2) is 9.97 Å². The van der Waals surface area contributed by atoms with Crippen LogP contribution in [0.15, 0.2) is 42.7 Å². The summed E-state index contributed by atoms with van der Waals surface area (Å²) in [6.07, 6.45) is 2.57. The third kappa shape index (κ3) is 3.20. The Labute approximate surface area is 127 Å². The Morgan fingerprint density at radius 1 is 1.19 bits per heavy atom. The van der Waals surface area contributed by atoms with E-state index in [0.717, 1.165) is 35.6 Å². The van der Waals surface area contributed by atoms with Gasteiger partial charge in [-0.3, -0.25) is 0 Å². The summed E-state index contributed by atoms with van der Waals surface area (Å²) in [5.74, 6) is 0.898. The van der Waals surface area contributed by atoms with E-state index in [-0.39, 0.29) is 0 Å². The first-order chi connectivity index (χ1) is 10.4. The largest absolute Gasteiger partial charge is 0.385 e. The van der Waals surface area contributed by atoms with Gasteiger partial charge in [0.1, 0.15) is 17.0 Å². The van der Waals surface area contributed by atoms with Gasteiger partial charge in [0.25, 0.3) is 0 Å². The maximum atomic E-state index is 5.06. The molecule has 21 heavy (non-hydrogen) atoms. The highest BCUT2D eigenvalue weighted by Gasteiger charge is 2.09. The maximum Gasteiger partial charge on any atom is 0.138 e. The molecule has 3 aromatic rings. The van der Waals surface area contributed by atoms with Crippen LogP contribution < -0.4 is 5.32 Å².